The molecule has 0 aromatic carbocycles. The largest absolute Gasteiger partial charge is 0.481 e. The van der Waals surface area contributed by atoms with Gasteiger partial charge >= 0.3 is 0 Å². The molecule has 0 saturated heterocycles. The molecular weight excluding hydrogens is 288 g/mol. The number of aryl methyl sites for hydroxylation is 1. The van der Waals surface area contributed by atoms with Crippen LogP contribution >= 0.6 is 11.3 Å². The van der Waals surface area contributed by atoms with Crippen molar-refractivity contribution in [3.63, 3.8) is 0 Å². The summed E-state index contributed by atoms with van der Waals surface area (Å²) in [5.41, 5.74) is 6.21. The van der Waals surface area contributed by atoms with Gasteiger partial charge in [0.15, 0.2) is 9.34 Å². The lowest BCUT2D eigenvalue weighted by Gasteiger charge is -2.06. The van der Waals surface area contributed by atoms with Gasteiger partial charge in [0.05, 0.1) is 24.7 Å². The van der Waals surface area contributed by atoms with Crippen molar-refractivity contribution in [2.24, 2.45) is 0 Å². The zero-order chi connectivity index (χ0) is 14.0. The SMILES string of the molecule is COc1ccc(NS(=O)(=O)c2sc(N)nc2C)cn1. The fourth-order valence-electron chi connectivity index (χ4n) is 1.41. The van der Waals surface area contributed by atoms with E-state index in [1.54, 1.807) is 19.1 Å². The number of hydrogen-bond donors (Lipinski definition) is 2. The lowest BCUT2D eigenvalue weighted by atomic mass is 10.4. The number of nitrogen functional groups attached to an aromatic ring is 1. The van der Waals surface area contributed by atoms with Crippen LogP contribution in [0.4, 0.5) is 10.8 Å². The summed E-state index contributed by atoms with van der Waals surface area (Å²) in [6.45, 7) is 1.59. The summed E-state index contributed by atoms with van der Waals surface area (Å²) in [6.07, 6.45) is 1.37. The second kappa shape index (κ2) is 5.02. The van der Waals surface area contributed by atoms with Crippen LogP contribution in [0, 0.1) is 6.92 Å². The first-order valence-electron chi connectivity index (χ1n) is 5.18. The Labute approximate surface area is 114 Å². The highest BCUT2D eigenvalue weighted by Crippen LogP contribution is 2.26. The predicted molar refractivity (Wildman–Crippen MR) is 72.9 cm³/mol. The average molecular weight is 300 g/mol. The van der Waals surface area contributed by atoms with E-state index in [2.05, 4.69) is 14.7 Å². The van der Waals surface area contributed by atoms with E-state index in [-0.39, 0.29) is 9.34 Å². The quantitative estimate of drug-likeness (QED) is 0.879. The van der Waals surface area contributed by atoms with Gasteiger partial charge in [0.1, 0.15) is 0 Å². The molecule has 0 saturated carbocycles. The normalized spacial score (nSPS) is 11.3. The minimum atomic E-state index is -3.70. The van der Waals surface area contributed by atoms with Crippen LogP contribution in [0.15, 0.2) is 22.5 Å². The Kier molecular flexibility index (Phi) is 3.58. The van der Waals surface area contributed by atoms with Crippen molar-refractivity contribution in [3.05, 3.63) is 24.0 Å². The maximum Gasteiger partial charge on any atom is 0.273 e. The predicted octanol–water partition coefficient (Wildman–Crippen LogP) is 1.24. The number of pyridine rings is 1. The monoisotopic (exact) mass is 300 g/mol. The van der Waals surface area contributed by atoms with Crippen LogP contribution in [0.2, 0.25) is 0 Å². The van der Waals surface area contributed by atoms with E-state index >= 15 is 0 Å². The van der Waals surface area contributed by atoms with Gasteiger partial charge < -0.3 is 10.5 Å². The van der Waals surface area contributed by atoms with Crippen molar-refractivity contribution in [2.45, 2.75) is 11.1 Å². The van der Waals surface area contributed by atoms with Gasteiger partial charge in [0.2, 0.25) is 5.88 Å². The van der Waals surface area contributed by atoms with Crippen LogP contribution in [0.5, 0.6) is 5.88 Å². The first-order chi connectivity index (χ1) is 8.92. The number of ether oxygens (including phenoxy) is 1. The van der Waals surface area contributed by atoms with Crippen LogP contribution in [0.1, 0.15) is 5.69 Å². The van der Waals surface area contributed by atoms with Crippen molar-refractivity contribution in [3.8, 4) is 5.88 Å². The van der Waals surface area contributed by atoms with Crippen molar-refractivity contribution < 1.29 is 13.2 Å². The third-order valence-corrected chi connectivity index (χ3v) is 5.19. The Morgan fingerprint density at radius 2 is 2.16 bits per heavy atom. The van der Waals surface area contributed by atoms with E-state index in [4.69, 9.17) is 10.5 Å². The molecule has 19 heavy (non-hydrogen) atoms. The summed E-state index contributed by atoms with van der Waals surface area (Å²) < 4.78 is 31.7. The van der Waals surface area contributed by atoms with Gasteiger partial charge in [-0.3, -0.25) is 4.72 Å². The maximum atomic E-state index is 12.1. The molecule has 0 atom stereocenters. The molecule has 0 unspecified atom stereocenters. The molecule has 3 N–H and O–H groups in total. The fraction of sp³-hybridized carbons (Fsp3) is 0.200. The second-order valence-corrected chi connectivity index (χ2v) is 6.53. The Bertz CT molecular complexity index is 679. The third-order valence-electron chi connectivity index (χ3n) is 2.21. The van der Waals surface area contributed by atoms with Crippen LogP contribution < -0.4 is 15.2 Å². The Morgan fingerprint density at radius 1 is 1.42 bits per heavy atom. The molecule has 9 heteroatoms. The summed E-state index contributed by atoms with van der Waals surface area (Å²) in [6, 6.07) is 3.12. The molecule has 2 rings (SSSR count). The number of rotatable bonds is 4. The number of methoxy groups -OCH3 is 1. The molecule has 0 fully saturated rings. The van der Waals surface area contributed by atoms with Crippen molar-refractivity contribution in [1.82, 2.24) is 9.97 Å². The smallest absolute Gasteiger partial charge is 0.273 e. The molecule has 2 aromatic rings. The first kappa shape index (κ1) is 13.6. The number of hydrogen-bond acceptors (Lipinski definition) is 7. The first-order valence-corrected chi connectivity index (χ1v) is 7.48. The van der Waals surface area contributed by atoms with Crippen LogP contribution in [-0.2, 0) is 10.0 Å². The van der Waals surface area contributed by atoms with E-state index in [0.717, 1.165) is 11.3 Å². The average Bonchev–Trinajstić information content (AvgIpc) is 2.70. The van der Waals surface area contributed by atoms with Gasteiger partial charge in [0.25, 0.3) is 10.0 Å². The molecule has 2 heterocycles. The summed E-state index contributed by atoms with van der Waals surface area (Å²) in [5, 5.41) is 0.214. The molecule has 2 aromatic heterocycles. The minimum absolute atomic E-state index is 0.0980. The Balaban J connectivity index is 2.28. The number of nitrogens with zero attached hydrogens (tertiary/aromatic N) is 2. The lowest BCUT2D eigenvalue weighted by molar-refractivity contribution is 0.398. The standard InChI is InChI=1S/C10H12N4O3S2/c1-6-9(18-10(11)13-6)19(15,16)14-7-3-4-8(17-2)12-5-7/h3-5,14H,1-2H3,(H2,11,13). The van der Waals surface area contributed by atoms with Crippen LogP contribution in [0.3, 0.4) is 0 Å². The molecule has 0 aliphatic heterocycles. The number of thiazole rings is 1. The Morgan fingerprint density at radius 3 is 2.63 bits per heavy atom. The van der Waals surface area contributed by atoms with E-state index in [1.807, 2.05) is 0 Å². The summed E-state index contributed by atoms with van der Waals surface area (Å²) in [4.78, 5) is 7.80. The van der Waals surface area contributed by atoms with Crippen LogP contribution in [0.25, 0.3) is 0 Å². The highest BCUT2D eigenvalue weighted by molar-refractivity contribution is 7.94. The van der Waals surface area contributed by atoms with Crippen molar-refractivity contribution >= 4 is 32.2 Å². The second-order valence-electron chi connectivity index (χ2n) is 3.62. The zero-order valence-corrected chi connectivity index (χ0v) is 11.9. The van der Waals surface area contributed by atoms with Gasteiger partial charge in [-0.1, -0.05) is 11.3 Å². The fourth-order valence-corrected chi connectivity index (χ4v) is 3.76. The summed E-state index contributed by atoms with van der Waals surface area (Å²) in [5.74, 6) is 0.404. The van der Waals surface area contributed by atoms with Gasteiger partial charge in [-0.25, -0.2) is 18.4 Å². The third kappa shape index (κ3) is 2.93. The molecule has 0 radical (unpaired) electrons. The zero-order valence-electron chi connectivity index (χ0n) is 10.2. The van der Waals surface area contributed by atoms with E-state index in [0.29, 0.717) is 17.3 Å². The summed E-state index contributed by atoms with van der Waals surface area (Å²) in [7, 11) is -2.22. The molecule has 0 amide bonds. The molecular formula is C10H12N4O3S2. The molecule has 0 aliphatic rings. The number of nitrogens with two attached hydrogens (primary N) is 1. The molecule has 7 nitrogen and oxygen atoms in total. The van der Waals surface area contributed by atoms with E-state index < -0.39 is 10.0 Å². The molecule has 0 bridgehead atoms. The lowest BCUT2D eigenvalue weighted by Crippen LogP contribution is -2.12. The van der Waals surface area contributed by atoms with Crippen molar-refractivity contribution in [1.29, 1.82) is 0 Å². The van der Waals surface area contributed by atoms with Gasteiger partial charge in [-0.2, -0.15) is 0 Å². The van der Waals surface area contributed by atoms with Crippen LogP contribution in [-0.4, -0.2) is 25.5 Å². The number of nitrogens with one attached hydrogen (secondary N) is 1. The van der Waals surface area contributed by atoms with Gasteiger partial charge in [-0.15, -0.1) is 0 Å². The minimum Gasteiger partial charge on any atom is -0.481 e. The molecule has 102 valence electrons. The number of sulfonamides is 1. The topological polar surface area (TPSA) is 107 Å². The van der Waals surface area contributed by atoms with E-state index in [1.165, 1.54) is 13.3 Å². The van der Waals surface area contributed by atoms with Crippen molar-refractivity contribution in [2.75, 3.05) is 17.6 Å². The Hall–Kier alpha value is -1.87. The maximum absolute atomic E-state index is 12.1. The van der Waals surface area contributed by atoms with Gasteiger partial charge in [-0.05, 0) is 13.0 Å². The van der Waals surface area contributed by atoms with E-state index in [9.17, 15) is 8.42 Å². The van der Waals surface area contributed by atoms with Gasteiger partial charge in [0, 0.05) is 6.07 Å². The highest BCUT2D eigenvalue weighted by Gasteiger charge is 2.21. The summed E-state index contributed by atoms with van der Waals surface area (Å²) >= 11 is 0.919. The molecule has 0 spiro atoms. The number of aromatic nitrogens is 2. The molecule has 0 aliphatic carbocycles. The highest BCUT2D eigenvalue weighted by atomic mass is 32.2. The number of anilines is 2.